The Morgan fingerprint density at radius 2 is 2.08 bits per heavy atom. The molecule has 6 heteroatoms. The minimum Gasteiger partial charge on any atom is -0.376 e. The number of nitrogens with zero attached hydrogens (tertiary/aromatic N) is 3. The van der Waals surface area contributed by atoms with Crippen LogP contribution < -0.4 is 0 Å². The number of aromatic nitrogens is 2. The molecular weight excluding hydrogens is 394 g/mol. The highest BCUT2D eigenvalue weighted by Crippen LogP contribution is 2.40. The first-order valence-corrected chi connectivity index (χ1v) is 9.64. The number of halogens is 1. The van der Waals surface area contributed by atoms with Crippen LogP contribution in [0, 0.1) is 0 Å². The molecule has 0 aliphatic carbocycles. The molecule has 3 heterocycles. The van der Waals surface area contributed by atoms with Crippen LogP contribution in [0.2, 0.25) is 0 Å². The lowest BCUT2D eigenvalue weighted by Gasteiger charge is -2.35. The summed E-state index contributed by atoms with van der Waals surface area (Å²) in [7, 11) is 0. The zero-order chi connectivity index (χ0) is 18.4. The molecular formula is C20H22BrN3O2. The average Bonchev–Trinajstić information content (AvgIpc) is 3.06. The fourth-order valence-electron chi connectivity index (χ4n) is 4.11. The maximum absolute atomic E-state index is 13.3. The molecule has 4 rings (SSSR count). The molecule has 2 aliphatic rings. The number of likely N-dealkylation sites (tertiary alicyclic amines) is 1. The van der Waals surface area contributed by atoms with Gasteiger partial charge in [0.2, 0.25) is 5.91 Å². The number of benzene rings is 1. The van der Waals surface area contributed by atoms with E-state index in [1.165, 1.54) is 0 Å². The van der Waals surface area contributed by atoms with Gasteiger partial charge in [0.1, 0.15) is 6.33 Å². The third-order valence-electron chi connectivity index (χ3n) is 5.67. The molecule has 0 bridgehead atoms. The molecule has 1 amide bonds. The minimum absolute atomic E-state index is 0.151. The number of carbonyl (C=O) groups is 1. The van der Waals surface area contributed by atoms with Crippen LogP contribution in [0.4, 0.5) is 0 Å². The summed E-state index contributed by atoms with van der Waals surface area (Å²) >= 11 is 3.46. The topological polar surface area (TPSA) is 55.3 Å². The van der Waals surface area contributed by atoms with Crippen LogP contribution in [0.15, 0.2) is 41.3 Å². The molecule has 1 saturated heterocycles. The molecule has 1 spiro atoms. The monoisotopic (exact) mass is 415 g/mol. The molecule has 1 aromatic heterocycles. The van der Waals surface area contributed by atoms with E-state index in [1.807, 2.05) is 49.2 Å². The van der Waals surface area contributed by atoms with Crippen LogP contribution in [0.25, 0.3) is 0 Å². The second kappa shape index (κ2) is 6.43. The van der Waals surface area contributed by atoms with Gasteiger partial charge in [-0.2, -0.15) is 0 Å². The van der Waals surface area contributed by atoms with Crippen LogP contribution in [-0.4, -0.2) is 40.5 Å². The summed E-state index contributed by atoms with van der Waals surface area (Å²) in [5.41, 5.74) is 2.34. The van der Waals surface area contributed by atoms with Crippen molar-refractivity contribution < 1.29 is 9.53 Å². The summed E-state index contributed by atoms with van der Waals surface area (Å²) < 4.78 is 6.84. The SMILES string of the molecule is CC(C)(C(=O)N1CC[C@]2(COCc3cncnc32)C1)c1ccc(Br)cc1. The Hall–Kier alpha value is -1.79. The number of amides is 1. The maximum Gasteiger partial charge on any atom is 0.232 e. The van der Waals surface area contributed by atoms with Crippen molar-refractivity contribution in [3.63, 3.8) is 0 Å². The lowest BCUT2D eigenvalue weighted by molar-refractivity contribution is -0.135. The highest BCUT2D eigenvalue weighted by atomic mass is 79.9. The van der Waals surface area contributed by atoms with Gasteiger partial charge in [0, 0.05) is 29.3 Å². The smallest absolute Gasteiger partial charge is 0.232 e. The Bertz CT molecular complexity index is 837. The van der Waals surface area contributed by atoms with E-state index in [9.17, 15) is 4.79 Å². The fraction of sp³-hybridized carbons (Fsp3) is 0.450. The third-order valence-corrected chi connectivity index (χ3v) is 6.20. The van der Waals surface area contributed by atoms with E-state index in [4.69, 9.17) is 4.74 Å². The van der Waals surface area contributed by atoms with E-state index < -0.39 is 5.41 Å². The summed E-state index contributed by atoms with van der Waals surface area (Å²) in [4.78, 5) is 24.0. The predicted molar refractivity (Wildman–Crippen MR) is 102 cm³/mol. The number of hydrogen-bond donors (Lipinski definition) is 0. The number of ether oxygens (including phenoxy) is 1. The molecule has 1 aromatic carbocycles. The Balaban J connectivity index is 1.59. The van der Waals surface area contributed by atoms with E-state index in [2.05, 4.69) is 25.9 Å². The number of hydrogen-bond acceptors (Lipinski definition) is 4. The highest BCUT2D eigenvalue weighted by Gasteiger charge is 2.48. The first-order chi connectivity index (χ1) is 12.4. The van der Waals surface area contributed by atoms with E-state index in [0.717, 1.165) is 34.3 Å². The highest BCUT2D eigenvalue weighted by molar-refractivity contribution is 9.10. The molecule has 5 nitrogen and oxygen atoms in total. The summed E-state index contributed by atoms with van der Waals surface area (Å²) in [6.45, 7) is 6.53. The van der Waals surface area contributed by atoms with Crippen molar-refractivity contribution in [1.29, 1.82) is 0 Å². The van der Waals surface area contributed by atoms with Crippen molar-refractivity contribution >= 4 is 21.8 Å². The van der Waals surface area contributed by atoms with Crippen molar-refractivity contribution in [3.05, 3.63) is 58.1 Å². The van der Waals surface area contributed by atoms with Gasteiger partial charge in [-0.25, -0.2) is 9.97 Å². The number of fused-ring (bicyclic) bond motifs is 2. The van der Waals surface area contributed by atoms with E-state index in [0.29, 0.717) is 19.8 Å². The second-order valence-electron chi connectivity index (χ2n) is 7.78. The summed E-state index contributed by atoms with van der Waals surface area (Å²) in [5, 5.41) is 0. The van der Waals surface area contributed by atoms with Gasteiger partial charge < -0.3 is 9.64 Å². The lowest BCUT2D eigenvalue weighted by atomic mass is 9.80. The van der Waals surface area contributed by atoms with Crippen molar-refractivity contribution in [2.24, 2.45) is 0 Å². The van der Waals surface area contributed by atoms with Crippen LogP contribution in [0.3, 0.4) is 0 Å². The first-order valence-electron chi connectivity index (χ1n) is 8.85. The van der Waals surface area contributed by atoms with Crippen molar-refractivity contribution in [1.82, 2.24) is 14.9 Å². The van der Waals surface area contributed by atoms with Gasteiger partial charge in [0.15, 0.2) is 0 Å². The second-order valence-corrected chi connectivity index (χ2v) is 8.69. The fourth-order valence-corrected chi connectivity index (χ4v) is 4.37. The zero-order valence-corrected chi connectivity index (χ0v) is 16.6. The third kappa shape index (κ3) is 2.85. The molecule has 0 radical (unpaired) electrons. The van der Waals surface area contributed by atoms with E-state index >= 15 is 0 Å². The van der Waals surface area contributed by atoms with Crippen LogP contribution >= 0.6 is 15.9 Å². The molecule has 2 aliphatic heterocycles. The minimum atomic E-state index is -0.573. The van der Waals surface area contributed by atoms with Crippen LogP contribution in [0.1, 0.15) is 37.1 Å². The van der Waals surface area contributed by atoms with Crippen LogP contribution in [-0.2, 0) is 27.0 Å². The largest absolute Gasteiger partial charge is 0.376 e. The first kappa shape index (κ1) is 17.6. The Morgan fingerprint density at radius 1 is 1.31 bits per heavy atom. The normalized spacial score (nSPS) is 22.5. The molecule has 26 heavy (non-hydrogen) atoms. The molecule has 136 valence electrons. The number of rotatable bonds is 2. The summed E-state index contributed by atoms with van der Waals surface area (Å²) in [5.74, 6) is 0.151. The zero-order valence-electron chi connectivity index (χ0n) is 15.0. The molecule has 2 aromatic rings. The summed E-state index contributed by atoms with van der Waals surface area (Å²) in [6.07, 6.45) is 4.31. The molecule has 0 unspecified atom stereocenters. The Morgan fingerprint density at radius 3 is 2.85 bits per heavy atom. The van der Waals surface area contributed by atoms with Gasteiger partial charge in [-0.05, 0) is 38.0 Å². The average molecular weight is 416 g/mol. The van der Waals surface area contributed by atoms with E-state index in [1.54, 1.807) is 6.33 Å². The van der Waals surface area contributed by atoms with Gasteiger partial charge in [-0.15, -0.1) is 0 Å². The van der Waals surface area contributed by atoms with Gasteiger partial charge in [-0.3, -0.25) is 4.79 Å². The molecule has 1 fully saturated rings. The van der Waals surface area contributed by atoms with Crippen molar-refractivity contribution in [2.75, 3.05) is 19.7 Å². The van der Waals surface area contributed by atoms with Crippen molar-refractivity contribution in [2.45, 2.75) is 37.7 Å². The quantitative estimate of drug-likeness (QED) is 0.755. The molecule has 0 saturated carbocycles. The lowest BCUT2D eigenvalue weighted by Crippen LogP contribution is -2.46. The van der Waals surface area contributed by atoms with Gasteiger partial charge in [-0.1, -0.05) is 28.1 Å². The number of carbonyl (C=O) groups excluding carboxylic acids is 1. The molecule has 1 atom stereocenters. The van der Waals surface area contributed by atoms with Gasteiger partial charge in [0.25, 0.3) is 0 Å². The van der Waals surface area contributed by atoms with Crippen molar-refractivity contribution in [3.8, 4) is 0 Å². The Labute approximate surface area is 161 Å². The van der Waals surface area contributed by atoms with Gasteiger partial charge in [0.05, 0.1) is 29.7 Å². The van der Waals surface area contributed by atoms with Gasteiger partial charge >= 0.3 is 0 Å². The van der Waals surface area contributed by atoms with Crippen LogP contribution in [0.5, 0.6) is 0 Å². The summed E-state index contributed by atoms with van der Waals surface area (Å²) in [6, 6.07) is 8.00. The molecule has 0 N–H and O–H groups in total. The van der Waals surface area contributed by atoms with E-state index in [-0.39, 0.29) is 11.3 Å². The Kier molecular flexibility index (Phi) is 4.35. The predicted octanol–water partition coefficient (Wildman–Crippen LogP) is 3.22. The maximum atomic E-state index is 13.3. The standard InChI is InChI=1S/C20H22BrN3O2/c1-19(2,15-3-5-16(21)6-4-15)18(25)24-8-7-20(11-24)12-26-10-14-9-22-13-23-17(14)20/h3-6,9,13H,7-8,10-12H2,1-2H3/t20-/m1/s1.